The molecule has 1 aromatic heterocycles. The molecular weight excluding hydrogens is 340 g/mol. The summed E-state index contributed by atoms with van der Waals surface area (Å²) in [7, 11) is 0. The Hall–Kier alpha value is -1.62. The number of nitrogens with one attached hydrogen (secondary N) is 1. The number of rotatable bonds is 5. The third-order valence-corrected chi connectivity index (χ3v) is 5.29. The van der Waals surface area contributed by atoms with E-state index in [1.54, 1.807) is 17.4 Å². The monoisotopic (exact) mass is 360 g/mol. The summed E-state index contributed by atoms with van der Waals surface area (Å²) in [6, 6.07) is 12.3. The average Bonchev–Trinajstić information content (AvgIpc) is 3.10. The number of amides is 1. The number of halogens is 1. The number of hydrogen-bond donors (Lipinski definition) is 1. The first-order chi connectivity index (χ1) is 11.7. The van der Waals surface area contributed by atoms with Crippen molar-refractivity contribution in [3.8, 4) is 0 Å². The molecular formula is C19H21ClN2OS. The van der Waals surface area contributed by atoms with Crippen molar-refractivity contribution in [1.82, 2.24) is 10.2 Å². The van der Waals surface area contributed by atoms with Gasteiger partial charge in [-0.25, -0.2) is 0 Å². The van der Waals surface area contributed by atoms with Crippen molar-refractivity contribution in [2.24, 2.45) is 0 Å². The number of hydrogen-bond acceptors (Lipinski definition) is 3. The highest BCUT2D eigenvalue weighted by molar-refractivity contribution is 7.10. The summed E-state index contributed by atoms with van der Waals surface area (Å²) in [5, 5.41) is 5.89. The fraction of sp³-hybridized carbons (Fsp3) is 0.316. The first-order valence-electron chi connectivity index (χ1n) is 8.18. The molecule has 3 rings (SSSR count). The minimum Gasteiger partial charge on any atom is -0.350 e. The van der Waals surface area contributed by atoms with Crippen LogP contribution in [0.4, 0.5) is 0 Å². The topological polar surface area (TPSA) is 32.3 Å². The lowest BCUT2D eigenvalue weighted by Gasteiger charge is -2.32. The summed E-state index contributed by atoms with van der Waals surface area (Å²) in [5.74, 6) is -0.000416. The molecule has 1 aliphatic rings. The van der Waals surface area contributed by atoms with Crippen molar-refractivity contribution in [2.45, 2.75) is 25.4 Å². The number of benzene rings is 1. The van der Waals surface area contributed by atoms with Crippen LogP contribution in [0.1, 0.15) is 23.3 Å². The second kappa shape index (κ2) is 8.47. The Labute approximate surface area is 151 Å². The number of likely N-dealkylation sites (tertiary alicyclic amines) is 1. The van der Waals surface area contributed by atoms with Gasteiger partial charge in [0.15, 0.2) is 0 Å². The molecule has 1 aliphatic heterocycles. The zero-order chi connectivity index (χ0) is 16.8. The van der Waals surface area contributed by atoms with Crippen LogP contribution in [0.3, 0.4) is 0 Å². The van der Waals surface area contributed by atoms with Gasteiger partial charge in [-0.2, -0.15) is 0 Å². The van der Waals surface area contributed by atoms with Gasteiger partial charge in [0.05, 0.1) is 0 Å². The van der Waals surface area contributed by atoms with Crippen molar-refractivity contribution >= 4 is 34.9 Å². The normalized spacial score (nSPS) is 16.5. The van der Waals surface area contributed by atoms with Gasteiger partial charge in [0, 0.05) is 41.7 Å². The van der Waals surface area contributed by atoms with Gasteiger partial charge < -0.3 is 5.32 Å². The van der Waals surface area contributed by atoms with E-state index in [1.807, 2.05) is 35.7 Å². The maximum atomic E-state index is 12.0. The van der Waals surface area contributed by atoms with Crippen LogP contribution in [0, 0.1) is 0 Å². The largest absolute Gasteiger partial charge is 0.350 e. The van der Waals surface area contributed by atoms with Crippen LogP contribution in [0.25, 0.3) is 6.08 Å². The average molecular weight is 361 g/mol. The van der Waals surface area contributed by atoms with Crippen molar-refractivity contribution in [3.05, 3.63) is 63.3 Å². The van der Waals surface area contributed by atoms with E-state index in [9.17, 15) is 4.79 Å². The van der Waals surface area contributed by atoms with Gasteiger partial charge in [-0.05, 0) is 48.1 Å². The lowest BCUT2D eigenvalue weighted by Crippen LogP contribution is -2.43. The predicted molar refractivity (Wildman–Crippen MR) is 101 cm³/mol. The van der Waals surface area contributed by atoms with E-state index in [4.69, 9.17) is 11.6 Å². The predicted octanol–water partition coefficient (Wildman–Crippen LogP) is 4.20. The van der Waals surface area contributed by atoms with Gasteiger partial charge in [-0.3, -0.25) is 9.69 Å². The second-order valence-electron chi connectivity index (χ2n) is 6.03. The summed E-state index contributed by atoms with van der Waals surface area (Å²) in [4.78, 5) is 15.5. The molecule has 1 N–H and O–H groups in total. The third-order valence-electron chi connectivity index (χ3n) is 4.20. The fourth-order valence-corrected chi connectivity index (χ4v) is 3.62. The number of nitrogens with zero attached hydrogens (tertiary/aromatic N) is 1. The number of piperidine rings is 1. The molecule has 126 valence electrons. The molecule has 2 aromatic rings. The van der Waals surface area contributed by atoms with E-state index in [1.165, 1.54) is 5.56 Å². The molecule has 0 aliphatic carbocycles. The summed E-state index contributed by atoms with van der Waals surface area (Å²) in [5.41, 5.74) is 1.28. The zero-order valence-electron chi connectivity index (χ0n) is 13.5. The molecule has 1 saturated heterocycles. The third kappa shape index (κ3) is 5.20. The minimum atomic E-state index is -0.000416. The standard InChI is InChI=1S/C19H21ClN2OS/c20-16-5-3-15(4-6-16)14-22-11-9-17(10-12-22)21-19(23)8-7-18-2-1-13-24-18/h1-8,13,17H,9-12,14H2,(H,21,23)/b8-7+. The van der Waals surface area contributed by atoms with Crippen LogP contribution in [0.15, 0.2) is 47.9 Å². The minimum absolute atomic E-state index is 0.000416. The van der Waals surface area contributed by atoms with Gasteiger partial charge in [0.25, 0.3) is 0 Å². The molecule has 0 bridgehead atoms. The fourth-order valence-electron chi connectivity index (χ4n) is 2.88. The Kier molecular flexibility index (Phi) is 6.07. The van der Waals surface area contributed by atoms with E-state index in [0.717, 1.165) is 42.4 Å². The first kappa shape index (κ1) is 17.2. The van der Waals surface area contributed by atoms with Crippen LogP contribution in [0.5, 0.6) is 0 Å². The van der Waals surface area contributed by atoms with Crippen molar-refractivity contribution in [1.29, 1.82) is 0 Å². The van der Waals surface area contributed by atoms with Crippen molar-refractivity contribution < 1.29 is 4.79 Å². The molecule has 0 spiro atoms. The molecule has 24 heavy (non-hydrogen) atoms. The van der Waals surface area contributed by atoms with E-state index < -0.39 is 0 Å². The molecule has 1 aromatic carbocycles. The quantitative estimate of drug-likeness (QED) is 0.810. The van der Waals surface area contributed by atoms with Gasteiger partial charge in [0.2, 0.25) is 5.91 Å². The number of carbonyl (C=O) groups excluding carboxylic acids is 1. The first-order valence-corrected chi connectivity index (χ1v) is 9.44. The lowest BCUT2D eigenvalue weighted by atomic mass is 10.0. The van der Waals surface area contributed by atoms with Crippen LogP contribution in [-0.4, -0.2) is 29.9 Å². The summed E-state index contributed by atoms with van der Waals surface area (Å²) < 4.78 is 0. The SMILES string of the molecule is O=C(/C=C/c1cccs1)NC1CCN(Cc2ccc(Cl)cc2)CC1. The molecule has 3 nitrogen and oxygen atoms in total. The summed E-state index contributed by atoms with van der Waals surface area (Å²) in [6.07, 6.45) is 5.49. The van der Waals surface area contributed by atoms with Gasteiger partial charge in [-0.1, -0.05) is 29.8 Å². The molecule has 2 heterocycles. The molecule has 0 radical (unpaired) electrons. The molecule has 0 unspecified atom stereocenters. The maximum Gasteiger partial charge on any atom is 0.244 e. The summed E-state index contributed by atoms with van der Waals surface area (Å²) in [6.45, 7) is 2.94. The van der Waals surface area contributed by atoms with Crippen LogP contribution < -0.4 is 5.32 Å². The van der Waals surface area contributed by atoms with Gasteiger partial charge in [-0.15, -0.1) is 11.3 Å². The maximum absolute atomic E-state index is 12.0. The van der Waals surface area contributed by atoms with Crippen LogP contribution in [-0.2, 0) is 11.3 Å². The summed E-state index contributed by atoms with van der Waals surface area (Å²) >= 11 is 7.55. The molecule has 0 saturated carbocycles. The molecule has 1 fully saturated rings. The zero-order valence-corrected chi connectivity index (χ0v) is 15.0. The molecule has 0 atom stereocenters. The van der Waals surface area contributed by atoms with Gasteiger partial charge in [0.1, 0.15) is 0 Å². The van der Waals surface area contributed by atoms with E-state index in [0.29, 0.717) is 0 Å². The number of carbonyl (C=O) groups is 1. The highest BCUT2D eigenvalue weighted by atomic mass is 35.5. The Balaban J connectivity index is 1.41. The smallest absolute Gasteiger partial charge is 0.244 e. The van der Waals surface area contributed by atoms with E-state index in [2.05, 4.69) is 22.3 Å². The highest BCUT2D eigenvalue weighted by Gasteiger charge is 2.20. The van der Waals surface area contributed by atoms with Crippen molar-refractivity contribution in [2.75, 3.05) is 13.1 Å². The second-order valence-corrected chi connectivity index (χ2v) is 7.45. The molecule has 5 heteroatoms. The molecule has 1 amide bonds. The Morgan fingerprint density at radius 2 is 2.00 bits per heavy atom. The Bertz CT molecular complexity index is 674. The van der Waals surface area contributed by atoms with Crippen molar-refractivity contribution in [3.63, 3.8) is 0 Å². The lowest BCUT2D eigenvalue weighted by molar-refractivity contribution is -0.117. The van der Waals surface area contributed by atoms with Gasteiger partial charge >= 0.3 is 0 Å². The Morgan fingerprint density at radius 1 is 1.25 bits per heavy atom. The van der Waals surface area contributed by atoms with Crippen LogP contribution in [0.2, 0.25) is 5.02 Å². The van der Waals surface area contributed by atoms with E-state index in [-0.39, 0.29) is 11.9 Å². The van der Waals surface area contributed by atoms with E-state index >= 15 is 0 Å². The van der Waals surface area contributed by atoms with Crippen LogP contribution >= 0.6 is 22.9 Å². The highest BCUT2D eigenvalue weighted by Crippen LogP contribution is 2.16. The number of thiophene rings is 1. The Morgan fingerprint density at radius 3 is 2.67 bits per heavy atom.